The smallest absolute Gasteiger partial charge is 0.227 e. The van der Waals surface area contributed by atoms with E-state index >= 15 is 0 Å². The summed E-state index contributed by atoms with van der Waals surface area (Å²) in [5.41, 5.74) is 3.33. The molecule has 4 heteroatoms. The minimum Gasteiger partial charge on any atom is -0.361 e. The third-order valence-corrected chi connectivity index (χ3v) is 4.48. The maximum Gasteiger partial charge on any atom is 0.227 e. The predicted molar refractivity (Wildman–Crippen MR) is 103 cm³/mol. The molecular formula is C21H25N3O. The number of carbonyl (C=O) groups is 1. The molecule has 0 spiro atoms. The van der Waals surface area contributed by atoms with Gasteiger partial charge in [-0.25, -0.2) is 0 Å². The Hall–Kier alpha value is -2.59. The third kappa shape index (κ3) is 4.28. The summed E-state index contributed by atoms with van der Waals surface area (Å²) >= 11 is 0. The number of amides is 1. The zero-order valence-electron chi connectivity index (χ0n) is 14.8. The number of aromatic amines is 1. The molecule has 2 aromatic carbocycles. The van der Waals surface area contributed by atoms with Crippen LogP contribution in [0.2, 0.25) is 0 Å². The Morgan fingerprint density at radius 1 is 1.08 bits per heavy atom. The molecule has 25 heavy (non-hydrogen) atoms. The number of hydrogen-bond acceptors (Lipinski definition) is 2. The second-order valence-corrected chi connectivity index (χ2v) is 6.62. The average molecular weight is 335 g/mol. The van der Waals surface area contributed by atoms with E-state index in [1.165, 1.54) is 10.9 Å². The molecule has 3 aromatic rings. The van der Waals surface area contributed by atoms with Crippen molar-refractivity contribution in [3.63, 3.8) is 0 Å². The van der Waals surface area contributed by atoms with E-state index in [4.69, 9.17) is 0 Å². The second kappa shape index (κ2) is 7.99. The van der Waals surface area contributed by atoms with E-state index < -0.39 is 0 Å². The Balaban J connectivity index is 1.82. The van der Waals surface area contributed by atoms with Crippen LogP contribution in [-0.4, -0.2) is 43.0 Å². The molecule has 1 atom stereocenters. The number of fused-ring (bicyclic) bond motifs is 1. The SMILES string of the molecule is CN(C)CCNC(=O)C(Cc1c[nH]c2ccccc12)c1ccccc1. The summed E-state index contributed by atoms with van der Waals surface area (Å²) in [6.07, 6.45) is 2.70. The van der Waals surface area contributed by atoms with Crippen molar-refractivity contribution in [2.45, 2.75) is 12.3 Å². The van der Waals surface area contributed by atoms with Gasteiger partial charge in [-0.3, -0.25) is 4.79 Å². The largest absolute Gasteiger partial charge is 0.361 e. The number of carbonyl (C=O) groups excluding carboxylic acids is 1. The van der Waals surface area contributed by atoms with Crippen LogP contribution in [0.25, 0.3) is 10.9 Å². The van der Waals surface area contributed by atoms with Crippen molar-refractivity contribution >= 4 is 16.8 Å². The Kier molecular flexibility index (Phi) is 5.51. The molecule has 2 N–H and O–H groups in total. The Morgan fingerprint density at radius 3 is 2.56 bits per heavy atom. The van der Waals surface area contributed by atoms with Gasteiger partial charge in [0.25, 0.3) is 0 Å². The van der Waals surface area contributed by atoms with Gasteiger partial charge in [-0.1, -0.05) is 48.5 Å². The van der Waals surface area contributed by atoms with Crippen LogP contribution in [0, 0.1) is 0 Å². The van der Waals surface area contributed by atoms with Crippen LogP contribution < -0.4 is 5.32 Å². The van der Waals surface area contributed by atoms with Crippen LogP contribution in [0.15, 0.2) is 60.8 Å². The van der Waals surface area contributed by atoms with Crippen LogP contribution in [0.5, 0.6) is 0 Å². The highest BCUT2D eigenvalue weighted by Crippen LogP contribution is 2.26. The zero-order chi connectivity index (χ0) is 17.6. The van der Waals surface area contributed by atoms with Gasteiger partial charge in [0.2, 0.25) is 5.91 Å². The standard InChI is InChI=1S/C21H25N3O/c1-24(2)13-12-22-21(25)19(16-8-4-3-5-9-16)14-17-15-23-20-11-7-6-10-18(17)20/h3-11,15,19,23H,12-14H2,1-2H3,(H,22,25). The van der Waals surface area contributed by atoms with E-state index in [0.717, 1.165) is 17.6 Å². The Bertz CT molecular complexity index is 823. The van der Waals surface area contributed by atoms with Gasteiger partial charge in [0.15, 0.2) is 0 Å². The van der Waals surface area contributed by atoms with Crippen LogP contribution in [0.3, 0.4) is 0 Å². The molecule has 0 bridgehead atoms. The van der Waals surface area contributed by atoms with E-state index in [0.29, 0.717) is 13.0 Å². The summed E-state index contributed by atoms with van der Waals surface area (Å²) in [5, 5.41) is 4.27. The molecule has 1 heterocycles. The highest BCUT2D eigenvalue weighted by atomic mass is 16.1. The van der Waals surface area contributed by atoms with Crippen molar-refractivity contribution in [3.8, 4) is 0 Å². The number of para-hydroxylation sites is 1. The van der Waals surface area contributed by atoms with Gasteiger partial charge in [0.1, 0.15) is 0 Å². The van der Waals surface area contributed by atoms with Crippen molar-refractivity contribution in [3.05, 3.63) is 71.9 Å². The monoisotopic (exact) mass is 335 g/mol. The molecule has 0 radical (unpaired) electrons. The number of nitrogens with zero attached hydrogens (tertiary/aromatic N) is 1. The first-order valence-corrected chi connectivity index (χ1v) is 8.67. The highest BCUT2D eigenvalue weighted by molar-refractivity contribution is 5.87. The van der Waals surface area contributed by atoms with Crippen LogP contribution in [0.1, 0.15) is 17.0 Å². The van der Waals surface area contributed by atoms with Crippen LogP contribution >= 0.6 is 0 Å². The summed E-state index contributed by atoms with van der Waals surface area (Å²) < 4.78 is 0. The van der Waals surface area contributed by atoms with E-state index in [1.807, 2.05) is 62.8 Å². The lowest BCUT2D eigenvalue weighted by Gasteiger charge is -2.18. The summed E-state index contributed by atoms with van der Waals surface area (Å²) in [4.78, 5) is 18.2. The van der Waals surface area contributed by atoms with Gasteiger partial charge in [-0.2, -0.15) is 0 Å². The number of rotatable bonds is 7. The normalized spacial score (nSPS) is 12.4. The van der Waals surface area contributed by atoms with Crippen molar-refractivity contribution in [2.24, 2.45) is 0 Å². The number of benzene rings is 2. The first-order chi connectivity index (χ1) is 12.1. The molecule has 4 nitrogen and oxygen atoms in total. The average Bonchev–Trinajstić information content (AvgIpc) is 3.03. The Labute approximate surface area is 148 Å². The number of hydrogen-bond donors (Lipinski definition) is 2. The quantitative estimate of drug-likeness (QED) is 0.697. The fourth-order valence-electron chi connectivity index (χ4n) is 3.09. The molecule has 0 aliphatic rings. The number of H-pyrrole nitrogens is 1. The fraction of sp³-hybridized carbons (Fsp3) is 0.286. The Morgan fingerprint density at radius 2 is 1.80 bits per heavy atom. The minimum absolute atomic E-state index is 0.0818. The molecule has 1 amide bonds. The maximum absolute atomic E-state index is 12.8. The van der Waals surface area contributed by atoms with E-state index in [2.05, 4.69) is 27.3 Å². The summed E-state index contributed by atoms with van der Waals surface area (Å²) in [7, 11) is 4.01. The number of nitrogens with one attached hydrogen (secondary N) is 2. The summed E-state index contributed by atoms with van der Waals surface area (Å²) in [6, 6.07) is 18.3. The molecule has 130 valence electrons. The second-order valence-electron chi connectivity index (χ2n) is 6.62. The van der Waals surface area contributed by atoms with Gasteiger partial charge in [0, 0.05) is 30.2 Å². The zero-order valence-corrected chi connectivity index (χ0v) is 14.8. The first kappa shape index (κ1) is 17.2. The van der Waals surface area contributed by atoms with Gasteiger partial charge < -0.3 is 15.2 Å². The lowest BCUT2D eigenvalue weighted by Crippen LogP contribution is -2.35. The van der Waals surface area contributed by atoms with E-state index in [9.17, 15) is 4.79 Å². The predicted octanol–water partition coefficient (Wildman–Crippen LogP) is 3.17. The van der Waals surface area contributed by atoms with Gasteiger partial charge in [0.05, 0.1) is 5.92 Å². The highest BCUT2D eigenvalue weighted by Gasteiger charge is 2.22. The molecule has 0 fully saturated rings. The topological polar surface area (TPSA) is 48.1 Å². The van der Waals surface area contributed by atoms with E-state index in [-0.39, 0.29) is 11.8 Å². The van der Waals surface area contributed by atoms with Gasteiger partial charge >= 0.3 is 0 Å². The molecular weight excluding hydrogens is 310 g/mol. The van der Waals surface area contributed by atoms with Crippen molar-refractivity contribution in [2.75, 3.05) is 27.2 Å². The van der Waals surface area contributed by atoms with E-state index in [1.54, 1.807) is 0 Å². The lowest BCUT2D eigenvalue weighted by atomic mass is 9.91. The maximum atomic E-state index is 12.8. The molecule has 1 unspecified atom stereocenters. The third-order valence-electron chi connectivity index (χ3n) is 4.48. The molecule has 0 aliphatic carbocycles. The molecule has 3 rings (SSSR count). The van der Waals surface area contributed by atoms with Gasteiger partial charge in [-0.15, -0.1) is 0 Å². The molecule has 0 saturated heterocycles. The molecule has 0 aliphatic heterocycles. The van der Waals surface area contributed by atoms with Crippen molar-refractivity contribution in [1.29, 1.82) is 0 Å². The summed E-state index contributed by atoms with van der Waals surface area (Å²) in [5.74, 6) is -0.110. The van der Waals surface area contributed by atoms with Crippen molar-refractivity contribution < 1.29 is 4.79 Å². The summed E-state index contributed by atoms with van der Waals surface area (Å²) in [6.45, 7) is 1.49. The minimum atomic E-state index is -0.192. The molecule has 0 saturated carbocycles. The van der Waals surface area contributed by atoms with Crippen molar-refractivity contribution in [1.82, 2.24) is 15.2 Å². The first-order valence-electron chi connectivity index (χ1n) is 8.67. The number of likely N-dealkylation sites (N-methyl/N-ethyl adjacent to an activating group) is 1. The number of aromatic nitrogens is 1. The molecule has 1 aromatic heterocycles. The lowest BCUT2D eigenvalue weighted by molar-refractivity contribution is -0.122. The van der Waals surface area contributed by atoms with Crippen LogP contribution in [0.4, 0.5) is 0 Å². The van der Waals surface area contributed by atoms with Crippen LogP contribution in [-0.2, 0) is 11.2 Å². The van der Waals surface area contributed by atoms with Gasteiger partial charge in [-0.05, 0) is 37.7 Å². The fourth-order valence-corrected chi connectivity index (χ4v) is 3.09.